The molecule has 4 nitrogen and oxygen atoms in total. The van der Waals surface area contributed by atoms with Crippen LogP contribution >= 0.6 is 11.6 Å². The number of carbonyl (C=O) groups is 1. The zero-order valence-corrected chi connectivity index (χ0v) is 18.5. The van der Waals surface area contributed by atoms with Crippen LogP contribution in [0.25, 0.3) is 0 Å². The third-order valence-electron chi connectivity index (χ3n) is 4.36. The van der Waals surface area contributed by atoms with E-state index in [4.69, 9.17) is 11.6 Å². The summed E-state index contributed by atoms with van der Waals surface area (Å²) in [5, 5.41) is 13.5. The average molecular weight is 415 g/mol. The molecule has 0 fully saturated rings. The number of anilines is 1. The minimum absolute atomic E-state index is 0.161. The molecular formula is C24H31ClN2O2. The molecule has 1 atom stereocenters. The molecule has 0 saturated carbocycles. The molecule has 5 heteroatoms. The summed E-state index contributed by atoms with van der Waals surface area (Å²) in [6.45, 7) is 14.5. The van der Waals surface area contributed by atoms with Crippen molar-refractivity contribution in [3.05, 3.63) is 77.5 Å². The van der Waals surface area contributed by atoms with Crippen molar-refractivity contribution < 1.29 is 9.90 Å². The van der Waals surface area contributed by atoms with Gasteiger partial charge < -0.3 is 10.4 Å². The lowest BCUT2D eigenvalue weighted by molar-refractivity contribution is -0.112. The van der Waals surface area contributed by atoms with Crippen LogP contribution in [0, 0.1) is 5.92 Å². The first-order valence-electron chi connectivity index (χ1n) is 9.57. The van der Waals surface area contributed by atoms with Crippen molar-refractivity contribution in [2.45, 2.75) is 46.1 Å². The van der Waals surface area contributed by atoms with Gasteiger partial charge in [0.15, 0.2) is 0 Å². The van der Waals surface area contributed by atoms with Crippen LogP contribution < -0.4 is 5.32 Å². The zero-order chi connectivity index (χ0) is 22.0. The number of nitrogens with zero attached hydrogens (tertiary/aromatic N) is 1. The molecular weight excluding hydrogens is 384 g/mol. The number of nitrogens with one attached hydrogen (secondary N) is 1. The normalized spacial score (nSPS) is 15.2. The van der Waals surface area contributed by atoms with Gasteiger partial charge in [0, 0.05) is 28.4 Å². The summed E-state index contributed by atoms with van der Waals surface area (Å²) in [6, 6.07) is 7.13. The molecule has 0 saturated heterocycles. The zero-order valence-electron chi connectivity index (χ0n) is 17.7. The van der Waals surface area contributed by atoms with Crippen LogP contribution in [-0.4, -0.2) is 17.2 Å². The first-order chi connectivity index (χ1) is 13.6. The number of halogens is 1. The van der Waals surface area contributed by atoms with E-state index in [0.29, 0.717) is 11.3 Å². The predicted octanol–water partition coefficient (Wildman–Crippen LogP) is 6.11. The van der Waals surface area contributed by atoms with Crippen molar-refractivity contribution in [2.75, 3.05) is 5.32 Å². The first kappa shape index (κ1) is 24.6. The fourth-order valence-corrected chi connectivity index (χ4v) is 2.80. The van der Waals surface area contributed by atoms with Crippen LogP contribution in [-0.2, 0) is 10.4 Å². The fourth-order valence-electron chi connectivity index (χ4n) is 2.47. The van der Waals surface area contributed by atoms with Gasteiger partial charge in [0.1, 0.15) is 0 Å². The molecule has 2 N–H and O–H groups in total. The third-order valence-corrected chi connectivity index (χ3v) is 4.74. The highest BCUT2D eigenvalue weighted by Crippen LogP contribution is 2.26. The number of aliphatic hydroxyl groups is 1. The third kappa shape index (κ3) is 8.22. The lowest BCUT2D eigenvalue weighted by atomic mass is 9.98. The number of carbonyl (C=O) groups excluding carboxylic acids is 1. The topological polar surface area (TPSA) is 61.7 Å². The van der Waals surface area contributed by atoms with Crippen LogP contribution in [0.2, 0.25) is 0 Å². The summed E-state index contributed by atoms with van der Waals surface area (Å²) in [7, 11) is 0. The summed E-state index contributed by atoms with van der Waals surface area (Å²) >= 11 is 5.97. The molecule has 1 heterocycles. The van der Waals surface area contributed by atoms with Crippen LogP contribution in [0.1, 0.15) is 46.1 Å². The van der Waals surface area contributed by atoms with E-state index in [1.807, 2.05) is 19.2 Å². The van der Waals surface area contributed by atoms with E-state index in [1.165, 1.54) is 0 Å². The second-order valence-corrected chi connectivity index (χ2v) is 7.80. The molecule has 2 rings (SSSR count). The highest BCUT2D eigenvalue weighted by atomic mass is 35.5. The Balaban J connectivity index is 0.000000326. The molecule has 156 valence electrons. The van der Waals surface area contributed by atoms with Crippen molar-refractivity contribution in [1.29, 1.82) is 0 Å². The van der Waals surface area contributed by atoms with E-state index in [-0.39, 0.29) is 11.8 Å². The van der Waals surface area contributed by atoms with E-state index in [9.17, 15) is 9.90 Å². The van der Waals surface area contributed by atoms with Crippen molar-refractivity contribution in [2.24, 2.45) is 10.9 Å². The number of hydrogen-bond acceptors (Lipinski definition) is 3. The highest BCUT2D eigenvalue weighted by molar-refractivity contribution is 6.30. The Kier molecular flexibility index (Phi) is 9.79. The number of aliphatic imine (C=N–C) groups is 1. The molecule has 0 aromatic heterocycles. The maximum atomic E-state index is 11.7. The molecule has 0 spiro atoms. The summed E-state index contributed by atoms with van der Waals surface area (Å²) in [6.07, 6.45) is 8.90. The fraction of sp³-hybridized carbons (Fsp3) is 0.333. The monoisotopic (exact) mass is 414 g/mol. The number of benzene rings is 1. The van der Waals surface area contributed by atoms with E-state index < -0.39 is 5.60 Å². The minimum Gasteiger partial charge on any atom is -0.386 e. The van der Waals surface area contributed by atoms with Gasteiger partial charge in [-0.15, -0.1) is 6.58 Å². The Morgan fingerprint density at radius 3 is 2.41 bits per heavy atom. The van der Waals surface area contributed by atoms with E-state index in [2.05, 4.69) is 23.5 Å². The number of allylic oxidation sites excluding steroid dienone is 4. The van der Waals surface area contributed by atoms with Gasteiger partial charge in [0.05, 0.1) is 11.3 Å². The maximum Gasteiger partial charge on any atom is 0.251 e. The molecule has 1 unspecified atom stereocenters. The minimum atomic E-state index is -0.874. The summed E-state index contributed by atoms with van der Waals surface area (Å²) in [5.41, 5.74) is 2.20. The highest BCUT2D eigenvalue weighted by Gasteiger charge is 2.15. The molecule has 0 aliphatic carbocycles. The lowest BCUT2D eigenvalue weighted by Gasteiger charge is -2.18. The Hall–Kier alpha value is -2.43. The average Bonchev–Trinajstić information content (AvgIpc) is 2.68. The van der Waals surface area contributed by atoms with Gasteiger partial charge in [-0.05, 0) is 51.3 Å². The quantitative estimate of drug-likeness (QED) is 0.335. The van der Waals surface area contributed by atoms with Gasteiger partial charge in [0.2, 0.25) is 0 Å². The molecule has 29 heavy (non-hydrogen) atoms. The molecule has 1 aromatic carbocycles. The van der Waals surface area contributed by atoms with Gasteiger partial charge >= 0.3 is 0 Å². The van der Waals surface area contributed by atoms with E-state index in [1.54, 1.807) is 57.2 Å². The number of rotatable bonds is 6. The Morgan fingerprint density at radius 1 is 1.31 bits per heavy atom. The molecule has 1 aliphatic rings. The van der Waals surface area contributed by atoms with Crippen LogP contribution in [0.5, 0.6) is 0 Å². The van der Waals surface area contributed by atoms with Gasteiger partial charge in [0.25, 0.3) is 5.91 Å². The number of amides is 1. The van der Waals surface area contributed by atoms with Gasteiger partial charge in [-0.2, -0.15) is 0 Å². The van der Waals surface area contributed by atoms with Gasteiger partial charge in [-0.25, -0.2) is 0 Å². The SMILES string of the molecule is C=C/C=C(\C)C(=O)Nc1ccc(C(C)(C)O)cc1.C=CC(C)C1=C(Cl)CCC=N1. The second kappa shape index (κ2) is 11.5. The lowest BCUT2D eigenvalue weighted by Crippen LogP contribution is -2.16. The van der Waals surface area contributed by atoms with E-state index in [0.717, 1.165) is 29.1 Å². The molecule has 1 aromatic rings. The van der Waals surface area contributed by atoms with Gasteiger partial charge in [-0.1, -0.05) is 55.5 Å². The van der Waals surface area contributed by atoms with Crippen molar-refractivity contribution in [3.63, 3.8) is 0 Å². The van der Waals surface area contributed by atoms with E-state index >= 15 is 0 Å². The van der Waals surface area contributed by atoms with Crippen molar-refractivity contribution in [1.82, 2.24) is 0 Å². The molecule has 0 radical (unpaired) electrons. The predicted molar refractivity (Wildman–Crippen MR) is 124 cm³/mol. The smallest absolute Gasteiger partial charge is 0.251 e. The standard InChI is InChI=1S/C15H19NO2.C9H12ClN/c1-5-6-11(2)14(17)16-13-9-7-12(8-10-13)15(3,4)18;1-3-7(2)9-8(10)5-4-6-11-9/h5-10,18H,1H2,2-4H3,(H,16,17);3,6-7H,1,4-5H2,2H3/b11-6+;. The Labute approximate surface area is 179 Å². The Morgan fingerprint density at radius 2 is 1.93 bits per heavy atom. The van der Waals surface area contributed by atoms with Crippen LogP contribution in [0.15, 0.2) is 76.9 Å². The molecule has 1 aliphatic heterocycles. The molecule has 0 bridgehead atoms. The maximum absolute atomic E-state index is 11.7. The molecule has 1 amide bonds. The largest absolute Gasteiger partial charge is 0.386 e. The summed E-state index contributed by atoms with van der Waals surface area (Å²) in [5.74, 6) is 0.116. The van der Waals surface area contributed by atoms with Crippen LogP contribution in [0.4, 0.5) is 5.69 Å². The second-order valence-electron chi connectivity index (χ2n) is 7.34. The van der Waals surface area contributed by atoms with Crippen molar-refractivity contribution >= 4 is 29.4 Å². The van der Waals surface area contributed by atoms with Gasteiger partial charge in [-0.3, -0.25) is 9.79 Å². The Bertz CT molecular complexity index is 812. The summed E-state index contributed by atoms with van der Waals surface area (Å²) in [4.78, 5) is 15.9. The number of hydrogen-bond donors (Lipinski definition) is 2. The summed E-state index contributed by atoms with van der Waals surface area (Å²) < 4.78 is 0. The van der Waals surface area contributed by atoms with Crippen LogP contribution in [0.3, 0.4) is 0 Å². The first-order valence-corrected chi connectivity index (χ1v) is 9.95. The van der Waals surface area contributed by atoms with Crippen molar-refractivity contribution in [3.8, 4) is 0 Å².